The van der Waals surface area contributed by atoms with E-state index in [9.17, 15) is 9.59 Å². The highest BCUT2D eigenvalue weighted by molar-refractivity contribution is 7.09. The highest BCUT2D eigenvalue weighted by Gasteiger charge is 2.35. The highest BCUT2D eigenvalue weighted by Crippen LogP contribution is 2.22. The van der Waals surface area contributed by atoms with Gasteiger partial charge in [0.1, 0.15) is 0 Å². The molecule has 108 valence electrons. The Bertz CT molecular complexity index is 666. The van der Waals surface area contributed by atoms with E-state index in [1.807, 2.05) is 23.6 Å². The lowest BCUT2D eigenvalue weighted by atomic mass is 10.1. The first-order chi connectivity index (χ1) is 10.1. The number of benzene rings is 1. The van der Waals surface area contributed by atoms with Crippen LogP contribution in [0.2, 0.25) is 0 Å². The summed E-state index contributed by atoms with van der Waals surface area (Å²) in [6.45, 7) is 2.09. The molecule has 2 amide bonds. The summed E-state index contributed by atoms with van der Waals surface area (Å²) in [7, 11) is 0. The number of amides is 2. The molecule has 2 aromatic rings. The second kappa shape index (κ2) is 5.77. The molecule has 21 heavy (non-hydrogen) atoms. The molecule has 4 nitrogen and oxygen atoms in total. The molecule has 1 aliphatic heterocycles. The Morgan fingerprint density at radius 3 is 2.71 bits per heavy atom. The normalized spacial score (nSPS) is 18.5. The van der Waals surface area contributed by atoms with Crippen LogP contribution >= 0.6 is 11.3 Å². The van der Waals surface area contributed by atoms with E-state index in [0.717, 1.165) is 17.1 Å². The van der Waals surface area contributed by atoms with Gasteiger partial charge >= 0.3 is 0 Å². The number of carbonyl (C=O) groups is 2. The zero-order chi connectivity index (χ0) is 14.8. The largest absolute Gasteiger partial charge is 0.276 e. The van der Waals surface area contributed by atoms with Crippen molar-refractivity contribution in [2.45, 2.75) is 26.3 Å². The zero-order valence-corrected chi connectivity index (χ0v) is 12.6. The van der Waals surface area contributed by atoms with Crippen LogP contribution in [0.3, 0.4) is 0 Å². The maximum atomic E-state index is 11.9. The van der Waals surface area contributed by atoms with E-state index in [2.05, 4.69) is 17.1 Å². The molecule has 1 saturated heterocycles. The van der Waals surface area contributed by atoms with E-state index in [-0.39, 0.29) is 17.7 Å². The van der Waals surface area contributed by atoms with E-state index in [4.69, 9.17) is 0 Å². The number of likely N-dealkylation sites (tertiary alicyclic amines) is 1. The van der Waals surface area contributed by atoms with Crippen LogP contribution in [0.5, 0.6) is 0 Å². The first-order valence-corrected chi connectivity index (χ1v) is 7.83. The number of imide groups is 1. The fraction of sp³-hybridized carbons (Fsp3) is 0.312. The van der Waals surface area contributed by atoms with Crippen molar-refractivity contribution in [2.24, 2.45) is 5.92 Å². The summed E-state index contributed by atoms with van der Waals surface area (Å²) in [6, 6.07) is 10.1. The van der Waals surface area contributed by atoms with Gasteiger partial charge in [0, 0.05) is 24.1 Å². The third-order valence-electron chi connectivity index (χ3n) is 3.59. The SMILES string of the molecule is C[C@@H]1CC(=O)N(Cc2csc(Cc3ccccc3)n2)C1=O. The predicted molar refractivity (Wildman–Crippen MR) is 80.7 cm³/mol. The predicted octanol–water partition coefficient (Wildman–Crippen LogP) is 2.63. The third-order valence-corrected chi connectivity index (χ3v) is 4.48. The van der Waals surface area contributed by atoms with E-state index >= 15 is 0 Å². The smallest absolute Gasteiger partial charge is 0.232 e. The molecular formula is C16H16N2O2S. The molecule has 1 aliphatic rings. The van der Waals surface area contributed by atoms with Crippen molar-refractivity contribution in [3.8, 4) is 0 Å². The van der Waals surface area contributed by atoms with Crippen LogP contribution < -0.4 is 0 Å². The van der Waals surface area contributed by atoms with Crippen LogP contribution in [0.25, 0.3) is 0 Å². The molecule has 0 N–H and O–H groups in total. The molecule has 0 aliphatic carbocycles. The first-order valence-electron chi connectivity index (χ1n) is 6.95. The van der Waals surface area contributed by atoms with Crippen molar-refractivity contribution in [1.82, 2.24) is 9.88 Å². The van der Waals surface area contributed by atoms with Crippen LogP contribution in [0.4, 0.5) is 0 Å². The van der Waals surface area contributed by atoms with Gasteiger partial charge in [-0.1, -0.05) is 37.3 Å². The molecule has 2 heterocycles. The average Bonchev–Trinajstić information content (AvgIpc) is 3.00. The van der Waals surface area contributed by atoms with Crippen LogP contribution in [0, 0.1) is 5.92 Å². The van der Waals surface area contributed by atoms with Crippen LogP contribution in [0.1, 0.15) is 29.6 Å². The summed E-state index contributed by atoms with van der Waals surface area (Å²) in [5.74, 6) is -0.373. The van der Waals surface area contributed by atoms with E-state index in [1.54, 1.807) is 18.3 Å². The Balaban J connectivity index is 1.68. The molecule has 0 spiro atoms. The van der Waals surface area contributed by atoms with Crippen LogP contribution in [-0.2, 0) is 22.6 Å². The molecule has 0 bridgehead atoms. The zero-order valence-electron chi connectivity index (χ0n) is 11.8. The highest BCUT2D eigenvalue weighted by atomic mass is 32.1. The second-order valence-corrected chi connectivity index (χ2v) is 6.26. The molecule has 3 rings (SSSR count). The van der Waals surface area contributed by atoms with Gasteiger partial charge in [0.25, 0.3) is 0 Å². The fourth-order valence-corrected chi connectivity index (χ4v) is 3.27. The molecule has 0 radical (unpaired) electrons. The van der Waals surface area contributed by atoms with Gasteiger partial charge in [0.15, 0.2) is 0 Å². The lowest BCUT2D eigenvalue weighted by molar-refractivity contribution is -0.139. The lowest BCUT2D eigenvalue weighted by Crippen LogP contribution is -2.29. The molecule has 1 atom stereocenters. The van der Waals surface area contributed by atoms with Gasteiger partial charge in [0.05, 0.1) is 17.2 Å². The van der Waals surface area contributed by atoms with Gasteiger partial charge in [-0.05, 0) is 5.56 Å². The van der Waals surface area contributed by atoms with Gasteiger partial charge in [-0.3, -0.25) is 14.5 Å². The summed E-state index contributed by atoms with van der Waals surface area (Å²) >= 11 is 1.57. The van der Waals surface area contributed by atoms with Crippen LogP contribution in [-0.4, -0.2) is 21.7 Å². The van der Waals surface area contributed by atoms with Crippen molar-refractivity contribution in [3.05, 3.63) is 52.0 Å². The minimum atomic E-state index is -0.195. The minimum absolute atomic E-state index is 0.0855. The summed E-state index contributed by atoms with van der Waals surface area (Å²) in [6.07, 6.45) is 1.10. The van der Waals surface area contributed by atoms with Crippen molar-refractivity contribution < 1.29 is 9.59 Å². The molecule has 1 aromatic heterocycles. The monoisotopic (exact) mass is 300 g/mol. The maximum absolute atomic E-state index is 11.9. The maximum Gasteiger partial charge on any atom is 0.232 e. The summed E-state index contributed by atoms with van der Waals surface area (Å²) in [5, 5.41) is 2.94. The molecule has 1 aromatic carbocycles. The second-order valence-electron chi connectivity index (χ2n) is 5.32. The van der Waals surface area contributed by atoms with E-state index in [1.165, 1.54) is 10.5 Å². The van der Waals surface area contributed by atoms with E-state index < -0.39 is 0 Å². The Kier molecular flexibility index (Phi) is 3.84. The Morgan fingerprint density at radius 1 is 1.29 bits per heavy atom. The Labute approximate surface area is 127 Å². The first kappa shape index (κ1) is 13.9. The summed E-state index contributed by atoms with van der Waals surface area (Å²) in [4.78, 5) is 29.5. The summed E-state index contributed by atoms with van der Waals surface area (Å²) < 4.78 is 0. The number of thiazole rings is 1. The number of hydrogen-bond donors (Lipinski definition) is 0. The quantitative estimate of drug-likeness (QED) is 0.816. The summed E-state index contributed by atoms with van der Waals surface area (Å²) in [5.41, 5.74) is 2.00. The Morgan fingerprint density at radius 2 is 2.05 bits per heavy atom. The Hall–Kier alpha value is -2.01. The standard InChI is InChI=1S/C16H16N2O2S/c1-11-7-15(19)18(16(11)20)9-13-10-21-14(17-13)8-12-5-3-2-4-6-12/h2-6,10-11H,7-9H2,1H3/t11-/m1/s1. The van der Waals surface area contributed by atoms with Gasteiger partial charge in [0.2, 0.25) is 11.8 Å². The average molecular weight is 300 g/mol. The molecule has 5 heteroatoms. The van der Waals surface area contributed by atoms with Gasteiger partial charge in [-0.25, -0.2) is 4.98 Å². The number of rotatable bonds is 4. The molecule has 0 unspecified atom stereocenters. The number of nitrogens with zero attached hydrogens (tertiary/aromatic N) is 2. The van der Waals surface area contributed by atoms with Crippen molar-refractivity contribution in [1.29, 1.82) is 0 Å². The van der Waals surface area contributed by atoms with Gasteiger partial charge < -0.3 is 0 Å². The lowest BCUT2D eigenvalue weighted by Gasteiger charge is -2.12. The van der Waals surface area contributed by atoms with Gasteiger partial charge in [-0.15, -0.1) is 11.3 Å². The molecular weight excluding hydrogens is 284 g/mol. The van der Waals surface area contributed by atoms with E-state index in [0.29, 0.717) is 13.0 Å². The van der Waals surface area contributed by atoms with Crippen molar-refractivity contribution >= 4 is 23.2 Å². The molecule has 1 fully saturated rings. The number of hydrogen-bond acceptors (Lipinski definition) is 4. The molecule has 0 saturated carbocycles. The topological polar surface area (TPSA) is 50.3 Å². The van der Waals surface area contributed by atoms with Crippen molar-refractivity contribution in [2.75, 3.05) is 0 Å². The van der Waals surface area contributed by atoms with Gasteiger partial charge in [-0.2, -0.15) is 0 Å². The number of aromatic nitrogens is 1. The van der Waals surface area contributed by atoms with Crippen molar-refractivity contribution in [3.63, 3.8) is 0 Å². The number of carbonyl (C=O) groups excluding carboxylic acids is 2. The van der Waals surface area contributed by atoms with Crippen LogP contribution in [0.15, 0.2) is 35.7 Å². The third kappa shape index (κ3) is 3.03. The fourth-order valence-electron chi connectivity index (χ4n) is 2.45. The minimum Gasteiger partial charge on any atom is -0.276 e.